The summed E-state index contributed by atoms with van der Waals surface area (Å²) in [6.07, 6.45) is 1.91. The first-order valence-electron chi connectivity index (χ1n) is 6.14. The van der Waals surface area contributed by atoms with E-state index in [-0.39, 0.29) is 5.82 Å². The van der Waals surface area contributed by atoms with E-state index in [0.29, 0.717) is 6.54 Å². The molecule has 2 nitrogen and oxygen atoms in total. The number of hydrogen-bond acceptors (Lipinski definition) is 1. The van der Waals surface area contributed by atoms with Crippen LogP contribution in [0.1, 0.15) is 30.8 Å². The molecule has 0 saturated carbocycles. The molecule has 2 aromatic rings. The second-order valence-electron chi connectivity index (χ2n) is 4.20. The lowest BCUT2D eigenvalue weighted by Gasteiger charge is -2.06. The van der Waals surface area contributed by atoms with Gasteiger partial charge in [0.2, 0.25) is 0 Å². The molecule has 0 aliphatic heterocycles. The number of aryl methyl sites for hydroxylation is 1. The van der Waals surface area contributed by atoms with Crippen molar-refractivity contribution < 1.29 is 4.39 Å². The summed E-state index contributed by atoms with van der Waals surface area (Å²) in [7, 11) is 0. The average molecular weight is 358 g/mol. The van der Waals surface area contributed by atoms with E-state index in [2.05, 4.69) is 41.5 Å². The van der Waals surface area contributed by atoms with Gasteiger partial charge in [-0.25, -0.2) is 4.39 Å². The third-order valence-corrected chi connectivity index (χ3v) is 4.22. The number of rotatable bonds is 4. The summed E-state index contributed by atoms with van der Waals surface area (Å²) in [5, 5.41) is 4.63. The maximum absolute atomic E-state index is 12.9. The van der Waals surface area contributed by atoms with Crippen LogP contribution < -0.4 is 0 Å². The molecule has 96 valence electrons. The maximum Gasteiger partial charge on any atom is 0.123 e. The summed E-state index contributed by atoms with van der Waals surface area (Å²) in [4.78, 5) is 0. The highest BCUT2D eigenvalue weighted by Crippen LogP contribution is 2.19. The molecule has 0 N–H and O–H groups in total. The van der Waals surface area contributed by atoms with Crippen molar-refractivity contribution in [1.29, 1.82) is 0 Å². The van der Waals surface area contributed by atoms with Gasteiger partial charge in [-0.1, -0.05) is 26.0 Å². The van der Waals surface area contributed by atoms with Gasteiger partial charge in [-0.3, -0.25) is 4.68 Å². The normalized spacial score (nSPS) is 10.9. The van der Waals surface area contributed by atoms with Gasteiger partial charge in [0, 0.05) is 0 Å². The molecule has 1 heterocycles. The van der Waals surface area contributed by atoms with Crippen molar-refractivity contribution in [3.8, 4) is 0 Å². The largest absolute Gasteiger partial charge is 0.264 e. The molecule has 4 heteroatoms. The highest BCUT2D eigenvalue weighted by Gasteiger charge is 2.12. The number of halogens is 2. The van der Waals surface area contributed by atoms with E-state index >= 15 is 0 Å². The standard InChI is InChI=1S/C14H16FIN2/c1-3-12-14(16)13(4-2)18(17-12)9-10-5-7-11(15)8-6-10/h5-8H,3-4,9H2,1-2H3. The quantitative estimate of drug-likeness (QED) is 0.761. The monoisotopic (exact) mass is 358 g/mol. The van der Waals surface area contributed by atoms with Crippen molar-refractivity contribution >= 4 is 22.6 Å². The van der Waals surface area contributed by atoms with Crippen LogP contribution in [0.2, 0.25) is 0 Å². The van der Waals surface area contributed by atoms with Crippen LogP contribution in [0.3, 0.4) is 0 Å². The first kappa shape index (κ1) is 13.5. The molecule has 0 saturated heterocycles. The van der Waals surface area contributed by atoms with Gasteiger partial charge >= 0.3 is 0 Å². The summed E-state index contributed by atoms with van der Waals surface area (Å²) in [6, 6.07) is 6.62. The van der Waals surface area contributed by atoms with Gasteiger partial charge in [0.1, 0.15) is 5.82 Å². The number of benzene rings is 1. The highest BCUT2D eigenvalue weighted by atomic mass is 127. The summed E-state index contributed by atoms with van der Waals surface area (Å²) in [6.45, 7) is 4.96. The zero-order valence-corrected chi connectivity index (χ0v) is 12.7. The SMILES string of the molecule is CCc1nn(Cc2ccc(F)cc2)c(CC)c1I. The fourth-order valence-electron chi connectivity index (χ4n) is 1.99. The molecule has 2 rings (SSSR count). The Morgan fingerprint density at radius 3 is 2.39 bits per heavy atom. The van der Waals surface area contributed by atoms with Gasteiger partial charge in [0.05, 0.1) is 21.5 Å². The Hall–Kier alpha value is -0.910. The van der Waals surface area contributed by atoms with Crippen LogP contribution in [0.15, 0.2) is 24.3 Å². The zero-order chi connectivity index (χ0) is 13.1. The second-order valence-corrected chi connectivity index (χ2v) is 5.28. The van der Waals surface area contributed by atoms with E-state index in [4.69, 9.17) is 0 Å². The topological polar surface area (TPSA) is 17.8 Å². The number of aromatic nitrogens is 2. The van der Waals surface area contributed by atoms with E-state index < -0.39 is 0 Å². The lowest BCUT2D eigenvalue weighted by molar-refractivity contribution is 0.619. The van der Waals surface area contributed by atoms with Crippen LogP contribution in [0.25, 0.3) is 0 Å². The van der Waals surface area contributed by atoms with Crippen molar-refractivity contribution in [2.75, 3.05) is 0 Å². The van der Waals surface area contributed by atoms with Crippen molar-refractivity contribution in [2.45, 2.75) is 33.2 Å². The van der Waals surface area contributed by atoms with Crippen molar-refractivity contribution in [2.24, 2.45) is 0 Å². The minimum absolute atomic E-state index is 0.196. The van der Waals surface area contributed by atoms with Gasteiger partial charge < -0.3 is 0 Å². The Morgan fingerprint density at radius 2 is 1.83 bits per heavy atom. The third-order valence-electron chi connectivity index (χ3n) is 2.98. The van der Waals surface area contributed by atoms with Crippen LogP contribution in [-0.2, 0) is 19.4 Å². The first-order chi connectivity index (χ1) is 8.65. The van der Waals surface area contributed by atoms with Crippen LogP contribution in [0.5, 0.6) is 0 Å². The smallest absolute Gasteiger partial charge is 0.123 e. The predicted molar refractivity (Wildman–Crippen MR) is 79.2 cm³/mol. The van der Waals surface area contributed by atoms with Crippen LogP contribution in [0.4, 0.5) is 4.39 Å². The minimum Gasteiger partial charge on any atom is -0.264 e. The molecule has 0 amide bonds. The molecule has 0 bridgehead atoms. The Labute approximate surface area is 120 Å². The molecule has 0 atom stereocenters. The summed E-state index contributed by atoms with van der Waals surface area (Å²) in [5.41, 5.74) is 3.49. The molecule has 0 aliphatic rings. The predicted octanol–water partition coefficient (Wildman–Crippen LogP) is 3.80. The third kappa shape index (κ3) is 2.74. The Bertz CT molecular complexity index is 531. The van der Waals surface area contributed by atoms with E-state index in [1.807, 2.05) is 16.8 Å². The van der Waals surface area contributed by atoms with E-state index in [1.165, 1.54) is 21.4 Å². The molecule has 1 aromatic carbocycles. The first-order valence-corrected chi connectivity index (χ1v) is 7.22. The van der Waals surface area contributed by atoms with Gasteiger partial charge in [-0.15, -0.1) is 0 Å². The van der Waals surface area contributed by atoms with Gasteiger partial charge in [0.15, 0.2) is 0 Å². The molecular formula is C14H16FIN2. The molecule has 0 spiro atoms. The lowest BCUT2D eigenvalue weighted by atomic mass is 10.2. The van der Waals surface area contributed by atoms with Crippen molar-refractivity contribution in [1.82, 2.24) is 9.78 Å². The van der Waals surface area contributed by atoms with Crippen LogP contribution in [0, 0.1) is 9.39 Å². The molecule has 0 radical (unpaired) electrons. The fourth-order valence-corrected chi connectivity index (χ4v) is 3.14. The highest BCUT2D eigenvalue weighted by molar-refractivity contribution is 14.1. The van der Waals surface area contributed by atoms with Crippen LogP contribution >= 0.6 is 22.6 Å². The zero-order valence-electron chi connectivity index (χ0n) is 10.6. The lowest BCUT2D eigenvalue weighted by Crippen LogP contribution is -2.06. The Morgan fingerprint density at radius 1 is 1.17 bits per heavy atom. The number of nitrogens with zero attached hydrogens (tertiary/aromatic N) is 2. The van der Waals surface area contributed by atoms with Gasteiger partial charge in [0.25, 0.3) is 0 Å². The summed E-state index contributed by atoms with van der Waals surface area (Å²) >= 11 is 2.37. The molecule has 18 heavy (non-hydrogen) atoms. The Balaban J connectivity index is 2.31. The van der Waals surface area contributed by atoms with Gasteiger partial charge in [-0.2, -0.15) is 5.10 Å². The van der Waals surface area contributed by atoms with Crippen molar-refractivity contribution in [3.63, 3.8) is 0 Å². The molecule has 0 aliphatic carbocycles. The fraction of sp³-hybridized carbons (Fsp3) is 0.357. The van der Waals surface area contributed by atoms with Gasteiger partial charge in [-0.05, 0) is 53.1 Å². The average Bonchev–Trinajstić information content (AvgIpc) is 2.68. The van der Waals surface area contributed by atoms with E-state index in [0.717, 1.165) is 24.1 Å². The molecule has 1 aromatic heterocycles. The van der Waals surface area contributed by atoms with Crippen molar-refractivity contribution in [3.05, 3.63) is 50.6 Å². The summed E-state index contributed by atoms with van der Waals surface area (Å²) < 4.78 is 16.2. The summed E-state index contributed by atoms with van der Waals surface area (Å²) in [5.74, 6) is -0.196. The van der Waals surface area contributed by atoms with Crippen LogP contribution in [-0.4, -0.2) is 9.78 Å². The van der Waals surface area contributed by atoms with E-state index in [9.17, 15) is 4.39 Å². The molecular weight excluding hydrogens is 342 g/mol. The second kappa shape index (κ2) is 5.82. The molecule has 0 fully saturated rings. The maximum atomic E-state index is 12.9. The molecule has 0 unspecified atom stereocenters. The number of hydrogen-bond donors (Lipinski definition) is 0. The Kier molecular flexibility index (Phi) is 4.37. The minimum atomic E-state index is -0.196. The van der Waals surface area contributed by atoms with E-state index in [1.54, 1.807) is 0 Å².